The van der Waals surface area contributed by atoms with Gasteiger partial charge < -0.3 is 10.1 Å². The van der Waals surface area contributed by atoms with Crippen molar-refractivity contribution < 1.29 is 9.53 Å². The van der Waals surface area contributed by atoms with Crippen LogP contribution in [0.15, 0.2) is 30.3 Å². The Morgan fingerprint density at radius 3 is 2.87 bits per heavy atom. The molecule has 0 spiro atoms. The fraction of sp³-hybridized carbons (Fsp3) is 0.444. The van der Waals surface area contributed by atoms with Gasteiger partial charge in [-0.3, -0.25) is 9.48 Å². The van der Waals surface area contributed by atoms with Crippen LogP contribution in [0.25, 0.3) is 11.3 Å². The number of carbonyl (C=O) groups excluding carboxylic acids is 1. The third-order valence-corrected chi connectivity index (χ3v) is 4.08. The molecular formula is C18H23N3O2. The first kappa shape index (κ1) is 15.6. The summed E-state index contributed by atoms with van der Waals surface area (Å²) in [5.74, 6) is 1.38. The van der Waals surface area contributed by atoms with Crippen molar-refractivity contribution in [1.29, 1.82) is 0 Å². The molecule has 1 aliphatic rings. The van der Waals surface area contributed by atoms with Crippen LogP contribution < -0.4 is 10.1 Å². The third-order valence-electron chi connectivity index (χ3n) is 4.08. The van der Waals surface area contributed by atoms with Crippen molar-refractivity contribution in [3.63, 3.8) is 0 Å². The molecule has 0 unspecified atom stereocenters. The second-order valence-corrected chi connectivity index (χ2v) is 5.99. The second kappa shape index (κ2) is 6.86. The van der Waals surface area contributed by atoms with E-state index in [9.17, 15) is 4.79 Å². The van der Waals surface area contributed by atoms with Gasteiger partial charge in [0.1, 0.15) is 11.4 Å². The molecule has 0 atom stereocenters. The van der Waals surface area contributed by atoms with Crippen molar-refractivity contribution in [2.24, 2.45) is 5.92 Å². The minimum absolute atomic E-state index is 0.0426. The molecule has 1 saturated carbocycles. The highest BCUT2D eigenvalue weighted by Crippen LogP contribution is 2.30. The number of methoxy groups -OCH3 is 1. The smallest absolute Gasteiger partial charge is 0.269 e. The zero-order valence-corrected chi connectivity index (χ0v) is 13.7. The Kier molecular flexibility index (Phi) is 4.65. The molecule has 1 aliphatic carbocycles. The first-order valence-electron chi connectivity index (χ1n) is 8.22. The van der Waals surface area contributed by atoms with E-state index in [1.165, 1.54) is 12.8 Å². The van der Waals surface area contributed by atoms with E-state index in [0.717, 1.165) is 36.5 Å². The molecular weight excluding hydrogens is 290 g/mol. The summed E-state index contributed by atoms with van der Waals surface area (Å²) in [6.07, 6.45) is 3.37. The van der Waals surface area contributed by atoms with Crippen LogP contribution in [0.3, 0.4) is 0 Å². The van der Waals surface area contributed by atoms with E-state index in [4.69, 9.17) is 4.74 Å². The lowest BCUT2D eigenvalue weighted by atomic mass is 10.1. The van der Waals surface area contributed by atoms with Crippen molar-refractivity contribution in [3.8, 4) is 17.0 Å². The van der Waals surface area contributed by atoms with E-state index in [1.54, 1.807) is 11.8 Å². The molecule has 5 heteroatoms. The molecule has 0 saturated heterocycles. The topological polar surface area (TPSA) is 56.2 Å². The van der Waals surface area contributed by atoms with Gasteiger partial charge in [-0.1, -0.05) is 19.1 Å². The van der Waals surface area contributed by atoms with Crippen LogP contribution in [0.2, 0.25) is 0 Å². The molecule has 3 rings (SSSR count). The number of hydrogen-bond donors (Lipinski definition) is 1. The number of ether oxygens (including phenoxy) is 1. The maximum Gasteiger partial charge on any atom is 0.269 e. The number of para-hydroxylation sites is 1. The first-order valence-corrected chi connectivity index (χ1v) is 8.22. The Morgan fingerprint density at radius 2 is 2.17 bits per heavy atom. The van der Waals surface area contributed by atoms with Gasteiger partial charge in [-0.25, -0.2) is 0 Å². The highest BCUT2D eigenvalue weighted by atomic mass is 16.5. The molecule has 1 aromatic carbocycles. The Bertz CT molecular complexity index is 689. The predicted molar refractivity (Wildman–Crippen MR) is 89.6 cm³/mol. The lowest BCUT2D eigenvalue weighted by Gasteiger charge is -2.06. The number of carbonyl (C=O) groups is 1. The molecule has 1 amide bonds. The minimum atomic E-state index is -0.0426. The molecule has 23 heavy (non-hydrogen) atoms. The van der Waals surface area contributed by atoms with E-state index < -0.39 is 0 Å². The molecule has 2 aromatic rings. The summed E-state index contributed by atoms with van der Waals surface area (Å²) in [7, 11) is 1.64. The number of amides is 1. The molecule has 0 radical (unpaired) electrons. The zero-order valence-electron chi connectivity index (χ0n) is 13.7. The number of aryl methyl sites for hydroxylation is 1. The summed E-state index contributed by atoms with van der Waals surface area (Å²) in [5.41, 5.74) is 2.29. The van der Waals surface area contributed by atoms with Gasteiger partial charge in [-0.05, 0) is 43.4 Å². The summed E-state index contributed by atoms with van der Waals surface area (Å²) in [6.45, 7) is 3.57. The highest BCUT2D eigenvalue weighted by Gasteiger charge is 2.23. The lowest BCUT2D eigenvalue weighted by molar-refractivity contribution is 0.0941. The minimum Gasteiger partial charge on any atom is -0.496 e. The monoisotopic (exact) mass is 313 g/mol. The quantitative estimate of drug-likeness (QED) is 0.854. The fourth-order valence-corrected chi connectivity index (χ4v) is 2.62. The summed E-state index contributed by atoms with van der Waals surface area (Å²) in [4.78, 5) is 12.5. The van der Waals surface area contributed by atoms with E-state index in [1.807, 2.05) is 30.3 Å². The maximum absolute atomic E-state index is 12.5. The van der Waals surface area contributed by atoms with Gasteiger partial charge in [-0.2, -0.15) is 5.10 Å². The van der Waals surface area contributed by atoms with Crippen molar-refractivity contribution in [2.45, 2.75) is 32.7 Å². The van der Waals surface area contributed by atoms with Gasteiger partial charge in [-0.15, -0.1) is 0 Å². The van der Waals surface area contributed by atoms with Gasteiger partial charge in [0.2, 0.25) is 0 Å². The standard InChI is InChI=1S/C18H23N3O2/c1-3-10-21-16(18(22)19-12-13-8-9-13)11-15(20-21)14-6-4-5-7-17(14)23-2/h4-7,11,13H,3,8-10,12H2,1-2H3,(H,19,22). The summed E-state index contributed by atoms with van der Waals surface area (Å²) < 4.78 is 7.20. The normalized spacial score (nSPS) is 13.8. The third kappa shape index (κ3) is 3.55. The van der Waals surface area contributed by atoms with Crippen LogP contribution >= 0.6 is 0 Å². The average molecular weight is 313 g/mol. The SMILES string of the molecule is CCCn1nc(-c2ccccc2OC)cc1C(=O)NCC1CC1. The predicted octanol–water partition coefficient (Wildman–Crippen LogP) is 3.11. The van der Waals surface area contributed by atoms with Gasteiger partial charge in [0.25, 0.3) is 5.91 Å². The van der Waals surface area contributed by atoms with Crippen LogP contribution in [0, 0.1) is 5.92 Å². The highest BCUT2D eigenvalue weighted by molar-refractivity contribution is 5.94. The Morgan fingerprint density at radius 1 is 1.39 bits per heavy atom. The van der Waals surface area contributed by atoms with E-state index in [-0.39, 0.29) is 5.91 Å². The summed E-state index contributed by atoms with van der Waals surface area (Å²) in [5, 5.41) is 7.64. The second-order valence-electron chi connectivity index (χ2n) is 5.99. The molecule has 1 heterocycles. The van der Waals surface area contributed by atoms with Crippen LogP contribution in [0.5, 0.6) is 5.75 Å². The molecule has 5 nitrogen and oxygen atoms in total. The van der Waals surface area contributed by atoms with Gasteiger partial charge in [0.05, 0.1) is 12.8 Å². The average Bonchev–Trinajstić information content (AvgIpc) is 3.32. The van der Waals surface area contributed by atoms with Crippen LogP contribution in [-0.4, -0.2) is 29.3 Å². The van der Waals surface area contributed by atoms with E-state index >= 15 is 0 Å². The maximum atomic E-state index is 12.5. The number of nitrogens with zero attached hydrogens (tertiary/aromatic N) is 2. The Hall–Kier alpha value is -2.30. The number of benzene rings is 1. The molecule has 122 valence electrons. The number of nitrogens with one attached hydrogen (secondary N) is 1. The summed E-state index contributed by atoms with van der Waals surface area (Å²) in [6, 6.07) is 9.60. The number of rotatable bonds is 7. The largest absolute Gasteiger partial charge is 0.496 e. The molecule has 0 aliphatic heterocycles. The molecule has 1 fully saturated rings. The number of aromatic nitrogens is 2. The van der Waals surface area contributed by atoms with Gasteiger partial charge >= 0.3 is 0 Å². The van der Waals surface area contributed by atoms with Gasteiger partial charge in [0.15, 0.2) is 0 Å². The van der Waals surface area contributed by atoms with Crippen LogP contribution in [0.4, 0.5) is 0 Å². The zero-order chi connectivity index (χ0) is 16.2. The number of hydrogen-bond acceptors (Lipinski definition) is 3. The Labute approximate surface area is 136 Å². The summed E-state index contributed by atoms with van der Waals surface area (Å²) >= 11 is 0. The van der Waals surface area contributed by atoms with Crippen molar-refractivity contribution in [3.05, 3.63) is 36.0 Å². The fourth-order valence-electron chi connectivity index (χ4n) is 2.62. The molecule has 1 N–H and O–H groups in total. The lowest BCUT2D eigenvalue weighted by Crippen LogP contribution is -2.28. The van der Waals surface area contributed by atoms with Crippen LogP contribution in [0.1, 0.15) is 36.7 Å². The van der Waals surface area contributed by atoms with Crippen molar-refractivity contribution in [1.82, 2.24) is 15.1 Å². The van der Waals surface area contributed by atoms with Crippen LogP contribution in [-0.2, 0) is 6.54 Å². The van der Waals surface area contributed by atoms with Gasteiger partial charge in [0, 0.05) is 18.7 Å². The molecule has 0 bridgehead atoms. The molecule has 1 aromatic heterocycles. The Balaban J connectivity index is 1.89. The van der Waals surface area contributed by atoms with Crippen molar-refractivity contribution >= 4 is 5.91 Å². The van der Waals surface area contributed by atoms with E-state index in [2.05, 4.69) is 17.3 Å². The van der Waals surface area contributed by atoms with Crippen molar-refractivity contribution in [2.75, 3.05) is 13.7 Å². The first-order chi connectivity index (χ1) is 11.2. The van der Waals surface area contributed by atoms with E-state index in [0.29, 0.717) is 11.6 Å².